The number of anilines is 1. The Hall–Kier alpha value is -1.84. The first-order valence-electron chi connectivity index (χ1n) is 5.93. The van der Waals surface area contributed by atoms with E-state index in [1.807, 2.05) is 18.2 Å². The van der Waals surface area contributed by atoms with Gasteiger partial charge in [-0.2, -0.15) is 0 Å². The van der Waals surface area contributed by atoms with Gasteiger partial charge in [0.15, 0.2) is 0 Å². The fraction of sp³-hybridized carbons (Fsp3) is 0.429. The molecule has 0 unspecified atom stereocenters. The van der Waals surface area contributed by atoms with Gasteiger partial charge < -0.3 is 10.1 Å². The van der Waals surface area contributed by atoms with Crippen molar-refractivity contribution in [1.29, 1.82) is 0 Å². The van der Waals surface area contributed by atoms with Crippen LogP contribution in [-0.4, -0.2) is 18.5 Å². The molecule has 0 spiro atoms. The van der Waals surface area contributed by atoms with Gasteiger partial charge in [-0.3, -0.25) is 4.79 Å². The summed E-state index contributed by atoms with van der Waals surface area (Å²) in [6.45, 7) is 8.09. The van der Waals surface area contributed by atoms with Crippen molar-refractivity contribution in [1.82, 2.24) is 0 Å². The van der Waals surface area contributed by atoms with Crippen LogP contribution in [0, 0.1) is 0 Å². The maximum absolute atomic E-state index is 11.5. The summed E-state index contributed by atoms with van der Waals surface area (Å²) in [6, 6.07) is 7.44. The van der Waals surface area contributed by atoms with Gasteiger partial charge in [0.1, 0.15) is 0 Å². The van der Waals surface area contributed by atoms with Gasteiger partial charge in [-0.25, -0.2) is 4.79 Å². The molecule has 0 radical (unpaired) electrons. The maximum atomic E-state index is 11.5. The SMILES string of the molecule is CCOC(=O)C(=O)Nc1cccc(C(C)(C)C)c1. The number of nitrogens with one attached hydrogen (secondary N) is 1. The second-order valence-corrected chi connectivity index (χ2v) is 5.01. The lowest BCUT2D eigenvalue weighted by atomic mass is 9.87. The molecule has 98 valence electrons. The Kier molecular flexibility index (Phi) is 4.48. The first-order chi connectivity index (χ1) is 8.34. The Balaban J connectivity index is 2.80. The van der Waals surface area contributed by atoms with Crippen LogP contribution in [0.15, 0.2) is 24.3 Å². The molecule has 18 heavy (non-hydrogen) atoms. The van der Waals surface area contributed by atoms with Gasteiger partial charge in [-0.1, -0.05) is 32.9 Å². The molecule has 4 heteroatoms. The van der Waals surface area contributed by atoms with Crippen LogP contribution in [-0.2, 0) is 19.7 Å². The Morgan fingerprint density at radius 3 is 2.50 bits per heavy atom. The van der Waals surface area contributed by atoms with E-state index in [4.69, 9.17) is 0 Å². The van der Waals surface area contributed by atoms with Crippen molar-refractivity contribution in [2.75, 3.05) is 11.9 Å². The number of carbonyl (C=O) groups is 2. The van der Waals surface area contributed by atoms with E-state index < -0.39 is 11.9 Å². The summed E-state index contributed by atoms with van der Waals surface area (Å²) in [5.74, 6) is -1.61. The van der Waals surface area contributed by atoms with Crippen LogP contribution in [0.2, 0.25) is 0 Å². The van der Waals surface area contributed by atoms with E-state index >= 15 is 0 Å². The molecule has 0 saturated carbocycles. The lowest BCUT2D eigenvalue weighted by molar-refractivity contribution is -0.152. The number of benzene rings is 1. The minimum absolute atomic E-state index is 0.00926. The molecule has 0 aliphatic carbocycles. The predicted molar refractivity (Wildman–Crippen MR) is 70.4 cm³/mol. The summed E-state index contributed by atoms with van der Waals surface area (Å²) >= 11 is 0. The number of amides is 1. The van der Waals surface area contributed by atoms with Gasteiger partial charge in [0.2, 0.25) is 0 Å². The molecule has 0 aliphatic rings. The van der Waals surface area contributed by atoms with Gasteiger partial charge in [0, 0.05) is 5.69 Å². The standard InChI is InChI=1S/C14H19NO3/c1-5-18-13(17)12(16)15-11-8-6-7-10(9-11)14(2,3)4/h6-9H,5H2,1-4H3,(H,15,16). The fourth-order valence-electron chi connectivity index (χ4n) is 1.44. The highest BCUT2D eigenvalue weighted by molar-refractivity contribution is 6.37. The van der Waals surface area contributed by atoms with Crippen LogP contribution >= 0.6 is 0 Å². The maximum Gasteiger partial charge on any atom is 0.397 e. The molecular weight excluding hydrogens is 230 g/mol. The van der Waals surface area contributed by atoms with Crippen molar-refractivity contribution in [3.05, 3.63) is 29.8 Å². The zero-order valence-electron chi connectivity index (χ0n) is 11.2. The van der Waals surface area contributed by atoms with Crippen molar-refractivity contribution in [2.45, 2.75) is 33.1 Å². The topological polar surface area (TPSA) is 55.4 Å². The zero-order chi connectivity index (χ0) is 13.8. The van der Waals surface area contributed by atoms with Crippen molar-refractivity contribution >= 4 is 17.6 Å². The number of carbonyl (C=O) groups excluding carboxylic acids is 2. The monoisotopic (exact) mass is 249 g/mol. The van der Waals surface area contributed by atoms with Crippen LogP contribution < -0.4 is 5.32 Å². The molecule has 1 rings (SSSR count). The van der Waals surface area contributed by atoms with Crippen LogP contribution in [0.5, 0.6) is 0 Å². The van der Waals surface area contributed by atoms with Crippen molar-refractivity contribution < 1.29 is 14.3 Å². The number of hydrogen-bond donors (Lipinski definition) is 1. The fourth-order valence-corrected chi connectivity index (χ4v) is 1.44. The van der Waals surface area contributed by atoms with Crippen LogP contribution in [0.25, 0.3) is 0 Å². The number of hydrogen-bond acceptors (Lipinski definition) is 3. The minimum atomic E-state index is -0.862. The molecule has 1 N–H and O–H groups in total. The summed E-state index contributed by atoms with van der Waals surface area (Å²) < 4.78 is 4.62. The molecule has 0 bridgehead atoms. The van der Waals surface area contributed by atoms with E-state index in [-0.39, 0.29) is 12.0 Å². The smallest absolute Gasteiger partial charge is 0.397 e. The molecule has 1 aromatic carbocycles. The van der Waals surface area contributed by atoms with E-state index in [2.05, 4.69) is 30.8 Å². The molecule has 0 fully saturated rings. The van der Waals surface area contributed by atoms with E-state index in [0.29, 0.717) is 5.69 Å². The van der Waals surface area contributed by atoms with Crippen LogP contribution in [0.4, 0.5) is 5.69 Å². The minimum Gasteiger partial charge on any atom is -0.459 e. The Bertz CT molecular complexity index is 447. The molecular formula is C14H19NO3. The molecule has 0 heterocycles. The van der Waals surface area contributed by atoms with E-state index in [1.165, 1.54) is 0 Å². The highest BCUT2D eigenvalue weighted by Crippen LogP contribution is 2.24. The third kappa shape index (κ3) is 3.87. The predicted octanol–water partition coefficient (Wildman–Crippen LogP) is 2.49. The highest BCUT2D eigenvalue weighted by atomic mass is 16.5. The van der Waals surface area contributed by atoms with Crippen LogP contribution in [0.3, 0.4) is 0 Å². The van der Waals surface area contributed by atoms with Gasteiger partial charge in [-0.15, -0.1) is 0 Å². The Morgan fingerprint density at radius 2 is 1.94 bits per heavy atom. The Labute approximate surface area is 107 Å². The van der Waals surface area contributed by atoms with Crippen molar-refractivity contribution in [2.24, 2.45) is 0 Å². The molecule has 1 aromatic rings. The second-order valence-electron chi connectivity index (χ2n) is 5.01. The molecule has 4 nitrogen and oxygen atoms in total. The average Bonchev–Trinajstić information content (AvgIpc) is 2.28. The first kappa shape index (κ1) is 14.2. The third-order valence-electron chi connectivity index (χ3n) is 2.45. The summed E-state index contributed by atoms with van der Waals surface area (Å²) in [5, 5.41) is 2.53. The lowest BCUT2D eigenvalue weighted by Gasteiger charge is -2.19. The molecule has 0 aromatic heterocycles. The molecule has 0 atom stereocenters. The number of rotatable bonds is 2. The van der Waals surface area contributed by atoms with E-state index in [9.17, 15) is 9.59 Å². The summed E-state index contributed by atoms with van der Waals surface area (Å²) in [5.41, 5.74) is 1.68. The molecule has 0 aliphatic heterocycles. The first-order valence-corrected chi connectivity index (χ1v) is 5.93. The molecule has 1 amide bonds. The second kappa shape index (κ2) is 5.67. The van der Waals surface area contributed by atoms with Gasteiger partial charge >= 0.3 is 11.9 Å². The normalized spacial score (nSPS) is 10.9. The van der Waals surface area contributed by atoms with Crippen molar-refractivity contribution in [3.63, 3.8) is 0 Å². The highest BCUT2D eigenvalue weighted by Gasteiger charge is 2.17. The summed E-state index contributed by atoms with van der Waals surface area (Å²) in [4.78, 5) is 22.7. The summed E-state index contributed by atoms with van der Waals surface area (Å²) in [7, 11) is 0. The zero-order valence-corrected chi connectivity index (χ0v) is 11.2. The van der Waals surface area contributed by atoms with Crippen LogP contribution in [0.1, 0.15) is 33.3 Å². The number of esters is 1. The average molecular weight is 249 g/mol. The van der Waals surface area contributed by atoms with Gasteiger partial charge in [0.05, 0.1) is 6.61 Å². The van der Waals surface area contributed by atoms with Gasteiger partial charge in [-0.05, 0) is 30.0 Å². The molecule has 0 saturated heterocycles. The quantitative estimate of drug-likeness (QED) is 0.647. The number of ether oxygens (including phenoxy) is 1. The Morgan fingerprint density at radius 1 is 1.28 bits per heavy atom. The van der Waals surface area contributed by atoms with Gasteiger partial charge in [0.25, 0.3) is 0 Å². The van der Waals surface area contributed by atoms with E-state index in [0.717, 1.165) is 5.56 Å². The lowest BCUT2D eigenvalue weighted by Crippen LogP contribution is -2.25. The summed E-state index contributed by atoms with van der Waals surface area (Å²) in [6.07, 6.45) is 0. The van der Waals surface area contributed by atoms with Crippen molar-refractivity contribution in [3.8, 4) is 0 Å². The van der Waals surface area contributed by atoms with E-state index in [1.54, 1.807) is 13.0 Å². The third-order valence-corrected chi connectivity index (χ3v) is 2.45. The largest absolute Gasteiger partial charge is 0.459 e.